The number of halogens is 1. The lowest BCUT2D eigenvalue weighted by Gasteiger charge is -2.12. The first-order valence-electron chi connectivity index (χ1n) is 9.29. The van der Waals surface area contributed by atoms with E-state index in [2.05, 4.69) is 12.2 Å². The molecule has 1 aliphatic rings. The van der Waals surface area contributed by atoms with E-state index < -0.39 is 0 Å². The third-order valence-corrected chi connectivity index (χ3v) is 5.25. The number of nitrogens with one attached hydrogen (secondary N) is 1. The summed E-state index contributed by atoms with van der Waals surface area (Å²) < 4.78 is 1.83. The number of carbonyl (C=O) groups is 1. The van der Waals surface area contributed by atoms with E-state index in [4.69, 9.17) is 16.7 Å². The van der Waals surface area contributed by atoms with Crippen molar-refractivity contribution >= 4 is 17.5 Å². The number of para-hydroxylation sites is 1. The van der Waals surface area contributed by atoms with E-state index >= 15 is 0 Å². The van der Waals surface area contributed by atoms with E-state index in [1.165, 1.54) is 12.8 Å². The predicted molar refractivity (Wildman–Crippen MR) is 108 cm³/mol. The highest BCUT2D eigenvalue weighted by molar-refractivity contribution is 6.30. The largest absolute Gasteiger partial charge is 0.353 e. The number of benzene rings is 2. The predicted octanol–water partition coefficient (Wildman–Crippen LogP) is 4.65. The molecule has 0 aliphatic heterocycles. The molecule has 1 unspecified atom stereocenters. The molecule has 5 heteroatoms. The van der Waals surface area contributed by atoms with Crippen molar-refractivity contribution < 1.29 is 4.79 Å². The maximum absolute atomic E-state index is 12.6. The lowest BCUT2D eigenvalue weighted by Crippen LogP contribution is -2.35. The minimum Gasteiger partial charge on any atom is -0.353 e. The van der Waals surface area contributed by atoms with Gasteiger partial charge in [-0.3, -0.25) is 4.79 Å². The van der Waals surface area contributed by atoms with Crippen LogP contribution in [0.2, 0.25) is 5.02 Å². The molecule has 1 N–H and O–H groups in total. The number of rotatable bonds is 6. The van der Waals surface area contributed by atoms with Gasteiger partial charge in [-0.05, 0) is 49.9 Å². The molecule has 2 aromatic carbocycles. The standard InChI is InChI=1S/C22H22ClN3O/c1-15(16-7-8-16)24-21(27)13-18-14-26(20-5-3-2-4-6-20)25-22(18)17-9-11-19(23)12-10-17/h2-6,9-12,14-16H,7-8,13H2,1H3,(H,24,27). The molecule has 27 heavy (non-hydrogen) atoms. The molecular formula is C22H22ClN3O. The minimum absolute atomic E-state index is 0.0391. The Labute approximate surface area is 164 Å². The fraction of sp³-hybridized carbons (Fsp3) is 0.273. The van der Waals surface area contributed by atoms with Crippen molar-refractivity contribution in [3.05, 3.63) is 71.4 Å². The quantitative estimate of drug-likeness (QED) is 0.677. The van der Waals surface area contributed by atoms with Gasteiger partial charge in [0.1, 0.15) is 0 Å². The lowest BCUT2D eigenvalue weighted by atomic mass is 10.1. The first-order chi connectivity index (χ1) is 13.1. The summed E-state index contributed by atoms with van der Waals surface area (Å²) in [5, 5.41) is 8.56. The fourth-order valence-corrected chi connectivity index (χ4v) is 3.42. The van der Waals surface area contributed by atoms with Gasteiger partial charge in [-0.1, -0.05) is 41.9 Å². The Kier molecular flexibility index (Phi) is 4.99. The Hall–Kier alpha value is -2.59. The molecule has 4 rings (SSSR count). The summed E-state index contributed by atoms with van der Waals surface area (Å²) in [5.41, 5.74) is 3.63. The smallest absolute Gasteiger partial charge is 0.224 e. The van der Waals surface area contributed by atoms with Gasteiger partial charge in [0.2, 0.25) is 5.91 Å². The number of nitrogens with zero attached hydrogens (tertiary/aromatic N) is 2. The first kappa shape index (κ1) is 17.8. The zero-order valence-corrected chi connectivity index (χ0v) is 16.0. The van der Waals surface area contributed by atoms with Crippen LogP contribution in [0.4, 0.5) is 0 Å². The van der Waals surface area contributed by atoms with Crippen LogP contribution in [0.3, 0.4) is 0 Å². The van der Waals surface area contributed by atoms with Crippen LogP contribution in [-0.4, -0.2) is 21.7 Å². The van der Waals surface area contributed by atoms with E-state index in [-0.39, 0.29) is 11.9 Å². The van der Waals surface area contributed by atoms with Crippen molar-refractivity contribution in [3.63, 3.8) is 0 Å². The van der Waals surface area contributed by atoms with E-state index in [0.29, 0.717) is 17.4 Å². The fourth-order valence-electron chi connectivity index (χ4n) is 3.29. The molecule has 138 valence electrons. The van der Waals surface area contributed by atoms with Gasteiger partial charge in [-0.2, -0.15) is 5.10 Å². The molecule has 0 saturated heterocycles. The molecule has 0 bridgehead atoms. The average molecular weight is 380 g/mol. The second-order valence-corrected chi connectivity index (χ2v) is 7.60. The van der Waals surface area contributed by atoms with Crippen LogP contribution >= 0.6 is 11.6 Å². The van der Waals surface area contributed by atoms with Crippen LogP contribution in [0.1, 0.15) is 25.3 Å². The van der Waals surface area contributed by atoms with Gasteiger partial charge in [0.05, 0.1) is 17.8 Å². The molecule has 1 heterocycles. The summed E-state index contributed by atoms with van der Waals surface area (Å²) in [5.74, 6) is 0.675. The molecule has 1 atom stereocenters. The van der Waals surface area contributed by atoms with Crippen molar-refractivity contribution in [2.75, 3.05) is 0 Å². The Morgan fingerprint density at radius 2 is 1.89 bits per heavy atom. The zero-order valence-electron chi connectivity index (χ0n) is 15.2. The summed E-state index contributed by atoms with van der Waals surface area (Å²) in [4.78, 5) is 12.6. The summed E-state index contributed by atoms with van der Waals surface area (Å²) in [6.45, 7) is 2.09. The van der Waals surface area contributed by atoms with Crippen molar-refractivity contribution in [2.45, 2.75) is 32.2 Å². The van der Waals surface area contributed by atoms with Gasteiger partial charge in [-0.25, -0.2) is 4.68 Å². The third kappa shape index (κ3) is 4.22. The Balaban J connectivity index is 1.64. The van der Waals surface area contributed by atoms with E-state index in [0.717, 1.165) is 22.5 Å². The molecule has 3 aromatic rings. The van der Waals surface area contributed by atoms with Crippen LogP contribution in [0.25, 0.3) is 16.9 Å². The Bertz CT molecular complexity index is 930. The van der Waals surface area contributed by atoms with Gasteiger partial charge >= 0.3 is 0 Å². The Morgan fingerprint density at radius 1 is 1.19 bits per heavy atom. The van der Waals surface area contributed by atoms with Crippen LogP contribution in [0.5, 0.6) is 0 Å². The molecule has 1 fully saturated rings. The van der Waals surface area contributed by atoms with Crippen LogP contribution < -0.4 is 5.32 Å². The van der Waals surface area contributed by atoms with Crippen LogP contribution in [0, 0.1) is 5.92 Å². The molecule has 1 aromatic heterocycles. The summed E-state index contributed by atoms with van der Waals surface area (Å²) in [6, 6.07) is 17.7. The van der Waals surface area contributed by atoms with Gasteiger partial charge < -0.3 is 5.32 Å². The average Bonchev–Trinajstić information content (AvgIpc) is 3.45. The number of hydrogen-bond donors (Lipinski definition) is 1. The summed E-state index contributed by atoms with van der Waals surface area (Å²) in [6.07, 6.45) is 4.68. The number of carbonyl (C=O) groups excluding carboxylic acids is 1. The zero-order chi connectivity index (χ0) is 18.8. The maximum Gasteiger partial charge on any atom is 0.224 e. The van der Waals surface area contributed by atoms with Gasteiger partial charge in [0.15, 0.2) is 0 Å². The monoisotopic (exact) mass is 379 g/mol. The number of aromatic nitrogens is 2. The SMILES string of the molecule is CC(NC(=O)Cc1cn(-c2ccccc2)nc1-c1ccc(Cl)cc1)C1CC1. The van der Waals surface area contributed by atoms with E-state index in [1.54, 1.807) is 0 Å². The summed E-state index contributed by atoms with van der Waals surface area (Å²) in [7, 11) is 0. The minimum atomic E-state index is 0.0391. The molecule has 1 aliphatic carbocycles. The number of amides is 1. The van der Waals surface area contributed by atoms with Crippen molar-refractivity contribution in [1.82, 2.24) is 15.1 Å². The second-order valence-electron chi connectivity index (χ2n) is 7.16. The maximum atomic E-state index is 12.6. The molecule has 4 nitrogen and oxygen atoms in total. The van der Waals surface area contributed by atoms with E-state index in [9.17, 15) is 4.79 Å². The highest BCUT2D eigenvalue weighted by atomic mass is 35.5. The van der Waals surface area contributed by atoms with Gasteiger partial charge in [0, 0.05) is 28.4 Å². The highest BCUT2D eigenvalue weighted by Gasteiger charge is 2.29. The first-order valence-corrected chi connectivity index (χ1v) is 9.67. The van der Waals surface area contributed by atoms with Crippen molar-refractivity contribution in [3.8, 4) is 16.9 Å². The molecule has 0 radical (unpaired) electrons. The Morgan fingerprint density at radius 3 is 2.56 bits per heavy atom. The molecule has 1 amide bonds. The summed E-state index contributed by atoms with van der Waals surface area (Å²) >= 11 is 6.03. The normalized spacial score (nSPS) is 14.7. The van der Waals surface area contributed by atoms with Crippen LogP contribution in [0.15, 0.2) is 60.8 Å². The van der Waals surface area contributed by atoms with Crippen molar-refractivity contribution in [2.24, 2.45) is 5.92 Å². The third-order valence-electron chi connectivity index (χ3n) is 5.00. The molecule has 1 saturated carbocycles. The van der Waals surface area contributed by atoms with Gasteiger partial charge in [-0.15, -0.1) is 0 Å². The highest BCUT2D eigenvalue weighted by Crippen LogP contribution is 2.32. The second kappa shape index (κ2) is 7.57. The topological polar surface area (TPSA) is 46.9 Å². The lowest BCUT2D eigenvalue weighted by molar-refractivity contribution is -0.121. The van der Waals surface area contributed by atoms with Crippen molar-refractivity contribution in [1.29, 1.82) is 0 Å². The number of hydrogen-bond acceptors (Lipinski definition) is 2. The van der Waals surface area contributed by atoms with Gasteiger partial charge in [0.25, 0.3) is 0 Å². The molecule has 0 spiro atoms. The van der Waals surface area contributed by atoms with E-state index in [1.807, 2.05) is 65.5 Å². The molecular weight excluding hydrogens is 358 g/mol. The van der Waals surface area contributed by atoms with Crippen LogP contribution in [-0.2, 0) is 11.2 Å².